The van der Waals surface area contributed by atoms with E-state index in [0.29, 0.717) is 11.3 Å². The zero-order valence-corrected chi connectivity index (χ0v) is 11.3. The van der Waals surface area contributed by atoms with E-state index in [1.165, 1.54) is 12.3 Å². The molecule has 0 fully saturated rings. The van der Waals surface area contributed by atoms with E-state index in [4.69, 9.17) is 16.0 Å². The third kappa shape index (κ3) is 2.53. The maximum Gasteiger partial charge on any atom is 0.260 e. The molecule has 5 heteroatoms. The van der Waals surface area contributed by atoms with E-state index >= 15 is 0 Å². The van der Waals surface area contributed by atoms with E-state index < -0.39 is 0 Å². The molecule has 0 aliphatic carbocycles. The van der Waals surface area contributed by atoms with Crippen molar-refractivity contribution in [2.24, 2.45) is 0 Å². The van der Waals surface area contributed by atoms with Gasteiger partial charge in [-0.25, -0.2) is 0 Å². The van der Waals surface area contributed by atoms with E-state index in [0.717, 1.165) is 10.0 Å². The smallest absolute Gasteiger partial charge is 0.260 e. The Balaban J connectivity index is 2.25. The summed E-state index contributed by atoms with van der Waals surface area (Å²) in [6, 6.07) is 7.15. The molecule has 0 radical (unpaired) electrons. The molecule has 1 aromatic carbocycles. The highest BCUT2D eigenvalue weighted by atomic mass is 79.9. The van der Waals surface area contributed by atoms with Crippen molar-refractivity contribution in [1.29, 1.82) is 0 Å². The Bertz CT molecular complexity index is 565. The van der Waals surface area contributed by atoms with Crippen molar-refractivity contribution in [3.63, 3.8) is 0 Å². The van der Waals surface area contributed by atoms with Crippen molar-refractivity contribution in [2.75, 3.05) is 5.32 Å². The first-order valence-corrected chi connectivity index (χ1v) is 6.06. The fourth-order valence-electron chi connectivity index (χ4n) is 1.39. The molecule has 0 saturated carbocycles. The molecule has 0 aliphatic rings. The summed E-state index contributed by atoms with van der Waals surface area (Å²) in [6.45, 7) is 1.95. The molecular formula is C12H9BrClNO2. The first-order chi connectivity index (χ1) is 8.09. The summed E-state index contributed by atoms with van der Waals surface area (Å²) < 4.78 is 5.72. The van der Waals surface area contributed by atoms with E-state index in [1.54, 1.807) is 0 Å². The third-order valence-corrected chi connectivity index (χ3v) is 3.65. The number of carbonyl (C=O) groups is 1. The minimum absolute atomic E-state index is 0.0891. The molecule has 0 spiro atoms. The van der Waals surface area contributed by atoms with Crippen molar-refractivity contribution in [2.45, 2.75) is 6.92 Å². The predicted octanol–water partition coefficient (Wildman–Crippen LogP) is 4.26. The summed E-state index contributed by atoms with van der Waals surface area (Å²) in [5, 5.41) is 2.85. The lowest BCUT2D eigenvalue weighted by Gasteiger charge is -2.08. The van der Waals surface area contributed by atoms with Gasteiger partial charge in [0.15, 0.2) is 0 Å². The van der Waals surface area contributed by atoms with E-state index in [2.05, 4.69) is 21.2 Å². The molecule has 0 unspecified atom stereocenters. The van der Waals surface area contributed by atoms with Crippen molar-refractivity contribution in [1.82, 2.24) is 0 Å². The second-order valence-electron chi connectivity index (χ2n) is 3.50. The van der Waals surface area contributed by atoms with Crippen LogP contribution in [0.3, 0.4) is 0 Å². The normalized spacial score (nSPS) is 10.3. The van der Waals surface area contributed by atoms with Gasteiger partial charge in [0.05, 0.1) is 17.5 Å². The minimum atomic E-state index is -0.296. The lowest BCUT2D eigenvalue weighted by molar-refractivity contribution is 0.102. The molecule has 17 heavy (non-hydrogen) atoms. The number of furan rings is 1. The molecule has 3 nitrogen and oxygen atoms in total. The van der Waals surface area contributed by atoms with Crippen LogP contribution in [-0.2, 0) is 0 Å². The Kier molecular flexibility index (Phi) is 3.54. The number of halogens is 2. The van der Waals surface area contributed by atoms with Crippen molar-refractivity contribution < 1.29 is 9.21 Å². The van der Waals surface area contributed by atoms with Crippen LogP contribution in [0.2, 0.25) is 5.22 Å². The highest BCUT2D eigenvalue weighted by molar-refractivity contribution is 9.10. The summed E-state index contributed by atoms with van der Waals surface area (Å²) in [5.41, 5.74) is 2.06. The van der Waals surface area contributed by atoms with Crippen LogP contribution in [0.25, 0.3) is 0 Å². The van der Waals surface area contributed by atoms with Crippen LogP contribution in [0.4, 0.5) is 5.69 Å². The second kappa shape index (κ2) is 4.94. The lowest BCUT2D eigenvalue weighted by atomic mass is 10.2. The summed E-state index contributed by atoms with van der Waals surface area (Å²) in [4.78, 5) is 11.9. The second-order valence-corrected chi connectivity index (χ2v) is 4.63. The average Bonchev–Trinajstić information content (AvgIpc) is 2.71. The van der Waals surface area contributed by atoms with Crippen LogP contribution in [0.15, 0.2) is 39.4 Å². The number of anilines is 1. The molecule has 1 aromatic heterocycles. The fourth-order valence-corrected chi connectivity index (χ4v) is 1.95. The van der Waals surface area contributed by atoms with Crippen LogP contribution < -0.4 is 5.32 Å². The number of carbonyl (C=O) groups excluding carboxylic acids is 1. The van der Waals surface area contributed by atoms with Gasteiger partial charge in [-0.2, -0.15) is 0 Å². The lowest BCUT2D eigenvalue weighted by Crippen LogP contribution is -2.12. The standard InChI is InChI=1S/C12H9BrClNO2/c1-7-3-2-4-9(10(7)13)15-12(16)8-5-6-17-11(8)14/h2-6H,1H3,(H,15,16). The van der Waals surface area contributed by atoms with Crippen molar-refractivity contribution in [3.8, 4) is 0 Å². The topological polar surface area (TPSA) is 42.2 Å². The molecule has 0 aliphatic heterocycles. The Morgan fingerprint density at radius 1 is 1.41 bits per heavy atom. The van der Waals surface area contributed by atoms with E-state index in [1.807, 2.05) is 25.1 Å². The number of nitrogens with one attached hydrogen (secondary N) is 1. The van der Waals surface area contributed by atoms with Crippen LogP contribution in [0, 0.1) is 6.92 Å². The van der Waals surface area contributed by atoms with E-state index in [9.17, 15) is 4.79 Å². The fraction of sp³-hybridized carbons (Fsp3) is 0.0833. The summed E-state index contributed by atoms with van der Waals surface area (Å²) in [6.07, 6.45) is 1.38. The Labute approximate surface area is 112 Å². The van der Waals surface area contributed by atoms with Gasteiger partial charge in [0.25, 0.3) is 5.91 Å². The third-order valence-electron chi connectivity index (χ3n) is 2.30. The quantitative estimate of drug-likeness (QED) is 0.900. The SMILES string of the molecule is Cc1cccc(NC(=O)c2ccoc2Cl)c1Br. The first kappa shape index (κ1) is 12.2. The summed E-state index contributed by atoms with van der Waals surface area (Å²) in [7, 11) is 0. The van der Waals surface area contributed by atoms with Gasteiger partial charge >= 0.3 is 0 Å². The van der Waals surface area contributed by atoms with Crippen molar-refractivity contribution >= 4 is 39.1 Å². The van der Waals surface area contributed by atoms with Gasteiger partial charge in [0.2, 0.25) is 5.22 Å². The molecular weight excluding hydrogens is 305 g/mol. The van der Waals surface area contributed by atoms with Gasteiger partial charge in [0.1, 0.15) is 0 Å². The van der Waals surface area contributed by atoms with Gasteiger partial charge < -0.3 is 9.73 Å². The number of rotatable bonds is 2. The molecule has 1 amide bonds. The monoisotopic (exact) mass is 313 g/mol. The number of benzene rings is 1. The Hall–Kier alpha value is -1.26. The molecule has 2 rings (SSSR count). The summed E-state index contributed by atoms with van der Waals surface area (Å²) in [5.74, 6) is -0.296. The largest absolute Gasteiger partial charge is 0.452 e. The minimum Gasteiger partial charge on any atom is -0.452 e. The maximum atomic E-state index is 11.9. The molecule has 1 heterocycles. The highest BCUT2D eigenvalue weighted by Crippen LogP contribution is 2.27. The zero-order chi connectivity index (χ0) is 12.4. The molecule has 0 saturated heterocycles. The Morgan fingerprint density at radius 2 is 2.18 bits per heavy atom. The van der Waals surface area contributed by atoms with Crippen molar-refractivity contribution in [3.05, 3.63) is 51.3 Å². The van der Waals surface area contributed by atoms with Gasteiger partial charge in [-0.05, 0) is 52.2 Å². The van der Waals surface area contributed by atoms with Crippen LogP contribution >= 0.6 is 27.5 Å². The van der Waals surface area contributed by atoms with Crippen LogP contribution in [0.1, 0.15) is 15.9 Å². The molecule has 2 aromatic rings. The van der Waals surface area contributed by atoms with Crippen LogP contribution in [-0.4, -0.2) is 5.91 Å². The van der Waals surface area contributed by atoms with Gasteiger partial charge in [0, 0.05) is 4.47 Å². The number of hydrogen-bond donors (Lipinski definition) is 1. The molecule has 0 atom stereocenters. The van der Waals surface area contributed by atoms with Gasteiger partial charge in [-0.15, -0.1) is 0 Å². The first-order valence-electron chi connectivity index (χ1n) is 4.89. The maximum absolute atomic E-state index is 11.9. The van der Waals surface area contributed by atoms with Gasteiger partial charge in [-0.3, -0.25) is 4.79 Å². The highest BCUT2D eigenvalue weighted by Gasteiger charge is 2.14. The van der Waals surface area contributed by atoms with E-state index in [-0.39, 0.29) is 11.1 Å². The van der Waals surface area contributed by atoms with Crippen LogP contribution in [0.5, 0.6) is 0 Å². The average molecular weight is 315 g/mol. The molecule has 88 valence electrons. The number of aryl methyl sites for hydroxylation is 1. The molecule has 0 bridgehead atoms. The number of amides is 1. The Morgan fingerprint density at radius 3 is 2.82 bits per heavy atom. The molecule has 1 N–H and O–H groups in total. The number of hydrogen-bond acceptors (Lipinski definition) is 2. The predicted molar refractivity (Wildman–Crippen MR) is 70.6 cm³/mol. The summed E-state index contributed by atoms with van der Waals surface area (Å²) >= 11 is 9.15. The zero-order valence-electron chi connectivity index (χ0n) is 8.96. The van der Waals surface area contributed by atoms with Gasteiger partial charge in [-0.1, -0.05) is 12.1 Å².